The summed E-state index contributed by atoms with van der Waals surface area (Å²) in [6.07, 6.45) is 0. The number of nitrogens with zero attached hydrogens (tertiary/aromatic N) is 6. The third-order valence-corrected chi connectivity index (χ3v) is 16.4. The highest BCUT2D eigenvalue weighted by Gasteiger charge is 2.35. The summed E-state index contributed by atoms with van der Waals surface area (Å²) < 4.78 is 236. The Morgan fingerprint density at radius 3 is 1.20 bits per heavy atom. The molecule has 0 amide bonds. The van der Waals surface area contributed by atoms with Gasteiger partial charge in [-0.25, -0.2) is 0 Å². The lowest BCUT2D eigenvalue weighted by Crippen LogP contribution is -2.16. The van der Waals surface area contributed by atoms with E-state index in [2.05, 4.69) is 12.1 Å². The van der Waals surface area contributed by atoms with Crippen LogP contribution in [0.1, 0.15) is 44.0 Å². The van der Waals surface area contributed by atoms with E-state index in [4.69, 9.17) is 5.48 Å². The Balaban J connectivity index is 1.29. The lowest BCUT2D eigenvalue weighted by atomic mass is 9.92. The van der Waals surface area contributed by atoms with Gasteiger partial charge >= 0.3 is 0 Å². The fourth-order valence-electron chi connectivity index (χ4n) is 12.1. The second-order valence-electron chi connectivity index (χ2n) is 19.1. The molecule has 0 saturated carbocycles. The minimum absolute atomic E-state index is 0.186. The van der Waals surface area contributed by atoms with Crippen molar-refractivity contribution < 1.29 is 32.9 Å². The highest BCUT2D eigenvalue weighted by molar-refractivity contribution is 7.26. The standard InChI is InChI=1S/C74H42N6S/c75-43-58-69(77-60-33-13-6-25-48(60)49-26-7-14-34-61(49)77)70(78-62-35-15-8-27-50(62)51-28-9-16-36-63(51)78)59(44-76)72(71(58)79-64-37-17-10-29-52(64)53-30-11-18-38-65(53)79)80-66-39-20-32-55(47-24-5-4-23-46(47)45-21-2-1-3-22-45)68(66)57-42-41-56-54-31-12-19-40-67(54)81-74(56)73(57)80/h1-42H/i6D,7D,8D,9D,10D,11D,13D,14D,15D,16D,17D,18D,25D,26D,27D,28D,29D,30D,33D,34D,35D,36D,37D,38D. The number of rotatable bonds is 6. The van der Waals surface area contributed by atoms with Crippen LogP contribution in [0.4, 0.5) is 0 Å². The summed E-state index contributed by atoms with van der Waals surface area (Å²) >= 11 is 1.30. The molecule has 0 unspecified atom stereocenters. The van der Waals surface area contributed by atoms with Crippen LogP contribution in [0.15, 0.2) is 254 Å². The number of fused-ring (bicyclic) bond motifs is 16. The zero-order chi connectivity index (χ0) is 74.3. The van der Waals surface area contributed by atoms with Gasteiger partial charge in [-0.3, -0.25) is 0 Å². The molecule has 12 aromatic carbocycles. The van der Waals surface area contributed by atoms with Crippen molar-refractivity contribution in [2.75, 3.05) is 0 Å². The third kappa shape index (κ3) is 6.18. The number of thiophene rings is 1. The van der Waals surface area contributed by atoms with Gasteiger partial charge in [0, 0.05) is 58.6 Å². The number of hydrogen-bond donors (Lipinski definition) is 0. The molecule has 5 heterocycles. The summed E-state index contributed by atoms with van der Waals surface area (Å²) in [6, 6.07) is 16.0. The predicted molar refractivity (Wildman–Crippen MR) is 337 cm³/mol. The van der Waals surface area contributed by atoms with Gasteiger partial charge in [-0.15, -0.1) is 11.3 Å². The molecule has 0 aliphatic heterocycles. The average molecular weight is 1070 g/mol. The minimum atomic E-state index is -0.985. The molecule has 374 valence electrons. The normalized spacial score (nSPS) is 16.1. The van der Waals surface area contributed by atoms with Crippen LogP contribution in [0.5, 0.6) is 0 Å². The molecule has 6 nitrogen and oxygen atoms in total. The van der Waals surface area contributed by atoms with Crippen LogP contribution in [0.2, 0.25) is 0 Å². The number of aromatic nitrogens is 4. The van der Waals surface area contributed by atoms with Crippen molar-refractivity contribution in [3.8, 4) is 57.1 Å². The number of para-hydroxylation sites is 6. The molecule has 81 heavy (non-hydrogen) atoms. The molecule has 0 aliphatic rings. The van der Waals surface area contributed by atoms with Crippen LogP contribution < -0.4 is 0 Å². The highest BCUT2D eigenvalue weighted by Crippen LogP contribution is 2.52. The van der Waals surface area contributed by atoms with Gasteiger partial charge < -0.3 is 18.3 Å². The summed E-state index contributed by atoms with van der Waals surface area (Å²) in [7, 11) is 0. The first-order valence-corrected chi connectivity index (χ1v) is 26.1. The SMILES string of the molecule is [2H]c1c([2H])c([2H])c2c(c1[2H])c1c([2H])c([2H])c([2H])c([2H])c1n2-c1c(C#N)c(-n2c3c([2H])c([2H])c([2H])c([2H])c3c3c([2H])c([2H])c([2H])c([2H])c32)c(-n2c3cccc(-c4ccccc4-c4ccccc4)c3c3ccc4c5ccccc5sc4c32)c(C#N)c1-n1c2c([2H])c([2H])c([2H])c([2H])c2c2c([2H])c([2H])c([2H])c([2H])c21. The van der Waals surface area contributed by atoms with Gasteiger partial charge in [0.25, 0.3) is 0 Å². The average Bonchev–Trinajstić information content (AvgIpc) is 1.53. The molecular formula is C74H42N6S. The van der Waals surface area contributed by atoms with E-state index in [0.717, 1.165) is 34.9 Å². The molecule has 17 rings (SSSR count). The summed E-state index contributed by atoms with van der Waals surface area (Å²) in [5.41, 5.74) is -5.61. The summed E-state index contributed by atoms with van der Waals surface area (Å²) in [5.74, 6) is 0. The Hall–Kier alpha value is -11.0. The van der Waals surface area contributed by atoms with Crippen molar-refractivity contribution in [2.24, 2.45) is 0 Å². The number of benzene rings is 12. The largest absolute Gasteiger partial charge is 0.306 e. The van der Waals surface area contributed by atoms with E-state index in [0.29, 0.717) is 32.0 Å². The van der Waals surface area contributed by atoms with E-state index in [-0.39, 0.29) is 11.0 Å². The van der Waals surface area contributed by atoms with Crippen LogP contribution in [-0.2, 0) is 0 Å². The Kier molecular flexibility index (Phi) is 5.88. The maximum atomic E-state index is 13.4. The molecule has 0 N–H and O–H groups in total. The van der Waals surface area contributed by atoms with E-state index in [1.54, 1.807) is 16.7 Å². The quantitative estimate of drug-likeness (QED) is 0.166. The van der Waals surface area contributed by atoms with Crippen LogP contribution in [0, 0.1) is 22.7 Å². The number of hydrogen-bond acceptors (Lipinski definition) is 3. The van der Waals surface area contributed by atoms with E-state index in [9.17, 15) is 37.9 Å². The molecule has 0 atom stereocenters. The first kappa shape index (κ1) is 27.6. The van der Waals surface area contributed by atoms with Crippen molar-refractivity contribution >= 4 is 119 Å². The van der Waals surface area contributed by atoms with Gasteiger partial charge in [-0.1, -0.05) is 206 Å². The predicted octanol–water partition coefficient (Wildman–Crippen LogP) is 19.5. The smallest absolute Gasteiger partial charge is 0.104 e. The second-order valence-corrected chi connectivity index (χ2v) is 20.2. The fourth-order valence-corrected chi connectivity index (χ4v) is 13.3. The van der Waals surface area contributed by atoms with Crippen molar-refractivity contribution in [2.45, 2.75) is 0 Å². The maximum Gasteiger partial charge on any atom is 0.104 e. The topological polar surface area (TPSA) is 67.3 Å². The molecule has 5 aromatic heterocycles. The zero-order valence-electron chi connectivity index (χ0n) is 65.5. The van der Waals surface area contributed by atoms with Crippen LogP contribution >= 0.6 is 11.3 Å². The van der Waals surface area contributed by atoms with Crippen molar-refractivity contribution in [3.05, 3.63) is 265 Å². The van der Waals surface area contributed by atoms with Gasteiger partial charge in [0.15, 0.2) is 0 Å². The van der Waals surface area contributed by atoms with Gasteiger partial charge in [0.2, 0.25) is 0 Å². The van der Waals surface area contributed by atoms with E-state index in [1.807, 2.05) is 97.1 Å². The van der Waals surface area contributed by atoms with Crippen molar-refractivity contribution in [1.82, 2.24) is 18.3 Å². The fraction of sp³-hybridized carbons (Fsp3) is 0. The van der Waals surface area contributed by atoms with E-state index >= 15 is 0 Å². The molecule has 0 bridgehead atoms. The molecule has 7 heteroatoms. The third-order valence-electron chi connectivity index (χ3n) is 15.2. The summed E-state index contributed by atoms with van der Waals surface area (Å²) in [5, 5.41) is 25.5. The monoisotopic (exact) mass is 1070 g/mol. The van der Waals surface area contributed by atoms with Gasteiger partial charge in [0.05, 0.1) is 104 Å². The lowest BCUT2D eigenvalue weighted by Gasteiger charge is -2.27. The van der Waals surface area contributed by atoms with Crippen molar-refractivity contribution in [1.29, 1.82) is 10.5 Å². The highest BCUT2D eigenvalue weighted by atomic mass is 32.1. The Labute approximate surface area is 501 Å². The number of nitriles is 2. The van der Waals surface area contributed by atoms with Gasteiger partial charge in [0.1, 0.15) is 23.3 Å². The van der Waals surface area contributed by atoms with Gasteiger partial charge in [-0.2, -0.15) is 10.5 Å². The minimum Gasteiger partial charge on any atom is -0.306 e. The van der Waals surface area contributed by atoms with Crippen molar-refractivity contribution in [3.63, 3.8) is 0 Å². The molecule has 0 spiro atoms. The first-order chi connectivity index (χ1) is 50.2. The lowest BCUT2D eigenvalue weighted by molar-refractivity contribution is 1.03. The first-order valence-electron chi connectivity index (χ1n) is 37.3. The Morgan fingerprint density at radius 2 is 0.716 bits per heavy atom. The van der Waals surface area contributed by atoms with Gasteiger partial charge in [-0.05, 0) is 70.6 Å². The van der Waals surface area contributed by atoms with Crippen LogP contribution in [0.25, 0.3) is 152 Å². The second kappa shape index (κ2) is 17.3. The molecule has 0 aliphatic carbocycles. The Bertz CT molecular complexity index is 6880. The molecule has 0 fully saturated rings. The summed E-state index contributed by atoms with van der Waals surface area (Å²) in [4.78, 5) is 0. The van der Waals surface area contributed by atoms with E-state index in [1.165, 1.54) is 11.3 Å². The summed E-state index contributed by atoms with van der Waals surface area (Å²) in [6.45, 7) is 0. The molecule has 0 radical (unpaired) electrons. The van der Waals surface area contributed by atoms with Crippen LogP contribution in [0.3, 0.4) is 0 Å². The van der Waals surface area contributed by atoms with E-state index < -0.39 is 244 Å². The Morgan fingerprint density at radius 1 is 0.321 bits per heavy atom. The molecule has 17 aromatic rings. The zero-order valence-corrected chi connectivity index (χ0v) is 42.3. The van der Waals surface area contributed by atoms with Crippen LogP contribution in [-0.4, -0.2) is 18.3 Å². The molecular weight excluding hydrogens is 1000 g/mol. The molecule has 0 saturated heterocycles. The maximum absolute atomic E-state index is 13.4.